The van der Waals surface area contributed by atoms with Crippen LogP contribution in [0.3, 0.4) is 0 Å². The highest BCUT2D eigenvalue weighted by atomic mass is 16.5. The van der Waals surface area contributed by atoms with E-state index in [0.29, 0.717) is 23.8 Å². The van der Waals surface area contributed by atoms with Crippen molar-refractivity contribution < 1.29 is 23.8 Å². The molecule has 0 saturated heterocycles. The summed E-state index contributed by atoms with van der Waals surface area (Å²) in [5.41, 5.74) is 1.32. The second kappa shape index (κ2) is 9.88. The van der Waals surface area contributed by atoms with Crippen molar-refractivity contribution in [2.45, 2.75) is 6.92 Å². The van der Waals surface area contributed by atoms with Crippen LogP contribution in [0.2, 0.25) is 0 Å². The number of hydrogen-bond acceptors (Lipinski definition) is 5. The van der Waals surface area contributed by atoms with Gasteiger partial charge in [0.2, 0.25) is 0 Å². The number of hydrogen-bond donors (Lipinski definition) is 1. The van der Waals surface area contributed by atoms with Gasteiger partial charge in [0, 0.05) is 6.08 Å². The first kappa shape index (κ1) is 19.1. The maximum Gasteiger partial charge on any atom is 0.331 e. The lowest BCUT2D eigenvalue weighted by Gasteiger charge is -2.11. The summed E-state index contributed by atoms with van der Waals surface area (Å²) < 4.78 is 15.5. The van der Waals surface area contributed by atoms with Crippen LogP contribution in [0, 0.1) is 0 Å². The fraction of sp³-hybridized carbons (Fsp3) is 0.200. The minimum atomic E-state index is -0.610. The molecule has 2 aromatic rings. The van der Waals surface area contributed by atoms with Crippen molar-refractivity contribution in [1.29, 1.82) is 0 Å². The lowest BCUT2D eigenvalue weighted by molar-refractivity contribution is -0.142. The molecule has 0 aliphatic heterocycles. The Labute approximate surface area is 152 Å². The number of carbonyl (C=O) groups excluding carboxylic acids is 2. The van der Waals surface area contributed by atoms with E-state index >= 15 is 0 Å². The average molecular weight is 355 g/mol. The number of esters is 1. The van der Waals surface area contributed by atoms with Crippen LogP contribution in [0.1, 0.15) is 12.5 Å². The average Bonchev–Trinajstić information content (AvgIpc) is 2.66. The third-order valence-electron chi connectivity index (χ3n) is 3.31. The Kier molecular flexibility index (Phi) is 7.24. The third kappa shape index (κ3) is 5.98. The van der Waals surface area contributed by atoms with Crippen molar-refractivity contribution in [2.75, 3.05) is 25.6 Å². The Hall–Kier alpha value is -3.28. The smallest absolute Gasteiger partial charge is 0.331 e. The largest absolute Gasteiger partial charge is 0.497 e. The highest BCUT2D eigenvalue weighted by Gasteiger charge is 2.09. The van der Waals surface area contributed by atoms with Gasteiger partial charge in [-0.1, -0.05) is 24.3 Å². The van der Waals surface area contributed by atoms with E-state index in [1.807, 2.05) is 25.1 Å². The highest BCUT2D eigenvalue weighted by molar-refractivity contribution is 5.95. The van der Waals surface area contributed by atoms with E-state index in [0.717, 1.165) is 5.56 Å². The summed E-state index contributed by atoms with van der Waals surface area (Å²) in [6.07, 6.45) is 2.85. The van der Waals surface area contributed by atoms with Crippen LogP contribution < -0.4 is 14.8 Å². The topological polar surface area (TPSA) is 73.9 Å². The van der Waals surface area contributed by atoms with E-state index < -0.39 is 11.9 Å². The number of carbonyl (C=O) groups is 2. The maximum atomic E-state index is 11.9. The van der Waals surface area contributed by atoms with Gasteiger partial charge in [-0.3, -0.25) is 4.79 Å². The molecule has 0 fully saturated rings. The number of rotatable bonds is 8. The van der Waals surface area contributed by atoms with Crippen LogP contribution in [-0.2, 0) is 14.3 Å². The summed E-state index contributed by atoms with van der Waals surface area (Å²) in [6, 6.07) is 14.3. The van der Waals surface area contributed by atoms with E-state index in [9.17, 15) is 9.59 Å². The SMILES string of the molecule is CCOc1ccccc1NC(=O)COC(=O)/C=C/c1cccc(OC)c1. The molecule has 0 aliphatic rings. The minimum absolute atomic E-state index is 0.387. The van der Waals surface area contributed by atoms with Gasteiger partial charge in [0.1, 0.15) is 11.5 Å². The normalized spacial score (nSPS) is 10.4. The van der Waals surface area contributed by atoms with Crippen LogP contribution in [0.5, 0.6) is 11.5 Å². The summed E-state index contributed by atoms with van der Waals surface area (Å²) in [5, 5.41) is 2.66. The molecule has 0 atom stereocenters. The molecule has 0 heterocycles. The second-order valence-corrected chi connectivity index (χ2v) is 5.20. The first-order valence-electron chi connectivity index (χ1n) is 8.13. The van der Waals surface area contributed by atoms with E-state index in [4.69, 9.17) is 14.2 Å². The number of ether oxygens (including phenoxy) is 3. The number of nitrogens with one attached hydrogen (secondary N) is 1. The van der Waals surface area contributed by atoms with Crippen LogP contribution >= 0.6 is 0 Å². The van der Waals surface area contributed by atoms with E-state index in [-0.39, 0.29) is 6.61 Å². The monoisotopic (exact) mass is 355 g/mol. The summed E-state index contributed by atoms with van der Waals surface area (Å²) in [6.45, 7) is 1.95. The van der Waals surface area contributed by atoms with Crippen LogP contribution in [0.25, 0.3) is 6.08 Å². The molecule has 0 aliphatic carbocycles. The van der Waals surface area contributed by atoms with Gasteiger partial charge in [0.05, 0.1) is 19.4 Å². The fourth-order valence-corrected chi connectivity index (χ4v) is 2.13. The van der Waals surface area contributed by atoms with Crippen LogP contribution in [0.15, 0.2) is 54.6 Å². The molecule has 1 N–H and O–H groups in total. The van der Waals surface area contributed by atoms with Crippen molar-refractivity contribution in [3.8, 4) is 11.5 Å². The molecule has 2 rings (SSSR count). The zero-order chi connectivity index (χ0) is 18.8. The highest BCUT2D eigenvalue weighted by Crippen LogP contribution is 2.23. The molecule has 6 heteroatoms. The molecular weight excluding hydrogens is 334 g/mol. The Bertz CT molecular complexity index is 785. The van der Waals surface area contributed by atoms with Crippen molar-refractivity contribution in [1.82, 2.24) is 0 Å². The molecular formula is C20H21NO5. The van der Waals surface area contributed by atoms with Gasteiger partial charge in [-0.25, -0.2) is 4.79 Å². The molecule has 0 spiro atoms. The van der Waals surface area contributed by atoms with Crippen molar-refractivity contribution in [2.24, 2.45) is 0 Å². The summed E-state index contributed by atoms with van der Waals surface area (Å²) in [7, 11) is 1.57. The van der Waals surface area contributed by atoms with Gasteiger partial charge < -0.3 is 19.5 Å². The number of methoxy groups -OCH3 is 1. The lowest BCUT2D eigenvalue weighted by Crippen LogP contribution is -2.20. The first-order chi connectivity index (χ1) is 12.6. The molecule has 0 bridgehead atoms. The second-order valence-electron chi connectivity index (χ2n) is 5.20. The molecule has 0 radical (unpaired) electrons. The Morgan fingerprint density at radius 2 is 1.92 bits per heavy atom. The molecule has 2 aromatic carbocycles. The number of benzene rings is 2. The first-order valence-corrected chi connectivity index (χ1v) is 8.13. The van der Waals surface area contributed by atoms with E-state index in [1.54, 1.807) is 43.5 Å². The Morgan fingerprint density at radius 1 is 1.12 bits per heavy atom. The molecule has 0 unspecified atom stereocenters. The molecule has 0 aromatic heterocycles. The zero-order valence-electron chi connectivity index (χ0n) is 14.7. The van der Waals surface area contributed by atoms with Gasteiger partial charge in [-0.2, -0.15) is 0 Å². The van der Waals surface area contributed by atoms with Crippen molar-refractivity contribution in [3.63, 3.8) is 0 Å². The molecule has 0 saturated carbocycles. The number of amides is 1. The standard InChI is InChI=1S/C20H21NO5/c1-3-25-18-10-5-4-9-17(18)21-19(22)14-26-20(23)12-11-15-7-6-8-16(13-15)24-2/h4-13H,3,14H2,1-2H3,(H,21,22)/b12-11+. The van der Waals surface area contributed by atoms with Crippen molar-refractivity contribution in [3.05, 3.63) is 60.2 Å². The number of para-hydroxylation sites is 2. The van der Waals surface area contributed by atoms with E-state index in [2.05, 4.69) is 5.32 Å². The van der Waals surface area contributed by atoms with Crippen LogP contribution in [0.4, 0.5) is 5.69 Å². The summed E-state index contributed by atoms with van der Waals surface area (Å²) in [5.74, 6) is 0.196. The van der Waals surface area contributed by atoms with E-state index in [1.165, 1.54) is 6.08 Å². The molecule has 6 nitrogen and oxygen atoms in total. The summed E-state index contributed by atoms with van der Waals surface area (Å²) in [4.78, 5) is 23.7. The van der Waals surface area contributed by atoms with Gasteiger partial charge in [0.25, 0.3) is 5.91 Å². The minimum Gasteiger partial charge on any atom is -0.497 e. The summed E-state index contributed by atoms with van der Waals surface area (Å²) >= 11 is 0. The van der Waals surface area contributed by atoms with Crippen LogP contribution in [-0.4, -0.2) is 32.2 Å². The van der Waals surface area contributed by atoms with Gasteiger partial charge in [0.15, 0.2) is 6.61 Å². The van der Waals surface area contributed by atoms with Crippen molar-refractivity contribution >= 4 is 23.6 Å². The van der Waals surface area contributed by atoms with Gasteiger partial charge in [-0.15, -0.1) is 0 Å². The third-order valence-corrected chi connectivity index (χ3v) is 3.31. The predicted molar refractivity (Wildman–Crippen MR) is 99.2 cm³/mol. The Balaban J connectivity index is 1.85. The maximum absolute atomic E-state index is 11.9. The van der Waals surface area contributed by atoms with Gasteiger partial charge >= 0.3 is 5.97 Å². The predicted octanol–water partition coefficient (Wildman–Crippen LogP) is 3.29. The Morgan fingerprint density at radius 3 is 2.69 bits per heavy atom. The molecule has 1 amide bonds. The quantitative estimate of drug-likeness (QED) is 0.581. The number of anilines is 1. The molecule has 26 heavy (non-hydrogen) atoms. The fourth-order valence-electron chi connectivity index (χ4n) is 2.13. The van der Waals surface area contributed by atoms with Gasteiger partial charge in [-0.05, 0) is 42.8 Å². The molecule has 136 valence electrons. The lowest BCUT2D eigenvalue weighted by atomic mass is 10.2. The zero-order valence-corrected chi connectivity index (χ0v) is 14.7.